The summed E-state index contributed by atoms with van der Waals surface area (Å²) >= 11 is 0. The Balaban J connectivity index is 1.71. The summed E-state index contributed by atoms with van der Waals surface area (Å²) in [5, 5.41) is 4.41. The average Bonchev–Trinajstić information content (AvgIpc) is 3.03. The summed E-state index contributed by atoms with van der Waals surface area (Å²) in [7, 11) is 0. The highest BCUT2D eigenvalue weighted by Gasteiger charge is 2.30. The largest absolute Gasteiger partial charge is 0.466 e. The Labute approximate surface area is 153 Å². The van der Waals surface area contributed by atoms with Crippen LogP contribution in [0.2, 0.25) is 0 Å². The van der Waals surface area contributed by atoms with Crippen LogP contribution in [0.25, 0.3) is 5.69 Å². The number of piperidine rings is 1. The van der Waals surface area contributed by atoms with E-state index in [-0.39, 0.29) is 17.8 Å². The molecule has 2 heterocycles. The van der Waals surface area contributed by atoms with Crippen LogP contribution in [0.15, 0.2) is 30.5 Å². The Kier molecular flexibility index (Phi) is 5.40. The lowest BCUT2D eigenvalue weighted by Crippen LogP contribution is -2.40. The van der Waals surface area contributed by atoms with E-state index in [0.717, 1.165) is 16.9 Å². The summed E-state index contributed by atoms with van der Waals surface area (Å²) in [6.45, 7) is 7.28. The first-order valence-electron chi connectivity index (χ1n) is 9.08. The van der Waals surface area contributed by atoms with Crippen LogP contribution < -0.4 is 0 Å². The first kappa shape index (κ1) is 18.2. The maximum absolute atomic E-state index is 12.9. The monoisotopic (exact) mass is 355 g/mol. The summed E-state index contributed by atoms with van der Waals surface area (Å²) < 4.78 is 6.88. The molecule has 0 bridgehead atoms. The molecule has 26 heavy (non-hydrogen) atoms. The molecule has 1 aliphatic heterocycles. The van der Waals surface area contributed by atoms with Crippen LogP contribution in [0.1, 0.15) is 41.4 Å². The molecule has 0 spiro atoms. The fourth-order valence-electron chi connectivity index (χ4n) is 3.39. The predicted molar refractivity (Wildman–Crippen MR) is 98.3 cm³/mol. The van der Waals surface area contributed by atoms with Crippen LogP contribution in [0.3, 0.4) is 0 Å². The maximum Gasteiger partial charge on any atom is 0.309 e. The first-order valence-corrected chi connectivity index (χ1v) is 9.08. The number of hydrogen-bond donors (Lipinski definition) is 0. The van der Waals surface area contributed by atoms with E-state index in [1.54, 1.807) is 15.8 Å². The molecule has 1 aliphatic rings. The molecule has 0 N–H and O–H groups in total. The third-order valence-electron chi connectivity index (χ3n) is 4.89. The van der Waals surface area contributed by atoms with Crippen molar-refractivity contribution < 1.29 is 14.3 Å². The van der Waals surface area contributed by atoms with Gasteiger partial charge in [0.2, 0.25) is 0 Å². The summed E-state index contributed by atoms with van der Waals surface area (Å²) in [6.07, 6.45) is 2.93. The van der Waals surface area contributed by atoms with Crippen LogP contribution in [0.5, 0.6) is 0 Å². The lowest BCUT2D eigenvalue weighted by molar-refractivity contribution is -0.149. The van der Waals surface area contributed by atoms with Gasteiger partial charge in [0.1, 0.15) is 0 Å². The highest BCUT2D eigenvalue weighted by Crippen LogP contribution is 2.22. The molecule has 0 aliphatic carbocycles. The zero-order chi connectivity index (χ0) is 18.7. The summed E-state index contributed by atoms with van der Waals surface area (Å²) in [5.74, 6) is -0.276. The normalized spacial score (nSPS) is 15.1. The Morgan fingerprint density at radius 2 is 1.96 bits per heavy atom. The second-order valence-electron chi connectivity index (χ2n) is 6.71. The standard InChI is InChI=1S/C20H25N3O3/c1-4-26-20(25)16-8-10-22(11-9-16)19(24)18-13-21-23(15(18)3)17-7-5-6-14(2)12-17/h5-7,12-13,16H,4,8-11H2,1-3H3. The van der Waals surface area contributed by atoms with Gasteiger partial charge in [-0.25, -0.2) is 4.68 Å². The number of likely N-dealkylation sites (tertiary alicyclic amines) is 1. The Morgan fingerprint density at radius 3 is 2.62 bits per heavy atom. The van der Waals surface area contributed by atoms with Crippen LogP contribution in [-0.4, -0.2) is 46.3 Å². The van der Waals surface area contributed by atoms with E-state index in [9.17, 15) is 9.59 Å². The molecule has 1 aromatic heterocycles. The molecule has 1 saturated heterocycles. The van der Waals surface area contributed by atoms with Crippen molar-refractivity contribution >= 4 is 11.9 Å². The number of rotatable bonds is 4. The summed E-state index contributed by atoms with van der Waals surface area (Å²) in [6, 6.07) is 8.03. The lowest BCUT2D eigenvalue weighted by Gasteiger charge is -2.30. The van der Waals surface area contributed by atoms with Gasteiger partial charge in [-0.3, -0.25) is 9.59 Å². The minimum atomic E-state index is -0.150. The van der Waals surface area contributed by atoms with Crippen molar-refractivity contribution in [2.24, 2.45) is 5.92 Å². The number of esters is 1. The third-order valence-corrected chi connectivity index (χ3v) is 4.89. The number of aromatic nitrogens is 2. The van der Waals surface area contributed by atoms with E-state index in [4.69, 9.17) is 4.74 Å². The average molecular weight is 355 g/mol. The number of carbonyl (C=O) groups excluding carboxylic acids is 2. The minimum absolute atomic E-state index is 0.0243. The van der Waals surface area contributed by atoms with E-state index in [0.29, 0.717) is 38.1 Å². The fraction of sp³-hybridized carbons (Fsp3) is 0.450. The van der Waals surface area contributed by atoms with E-state index >= 15 is 0 Å². The molecular weight excluding hydrogens is 330 g/mol. The number of carbonyl (C=O) groups is 2. The maximum atomic E-state index is 12.9. The molecule has 6 nitrogen and oxygen atoms in total. The number of ether oxygens (including phenoxy) is 1. The van der Waals surface area contributed by atoms with Gasteiger partial charge in [0.05, 0.1) is 35.7 Å². The number of hydrogen-bond acceptors (Lipinski definition) is 4. The van der Waals surface area contributed by atoms with Crippen molar-refractivity contribution in [1.82, 2.24) is 14.7 Å². The number of benzene rings is 1. The van der Waals surface area contributed by atoms with E-state index < -0.39 is 0 Å². The van der Waals surface area contributed by atoms with Crippen molar-refractivity contribution in [3.63, 3.8) is 0 Å². The van der Waals surface area contributed by atoms with Gasteiger partial charge in [-0.05, 0) is 51.3 Å². The van der Waals surface area contributed by atoms with E-state index in [1.165, 1.54) is 0 Å². The molecule has 1 aromatic carbocycles. The van der Waals surface area contributed by atoms with Gasteiger partial charge in [-0.2, -0.15) is 5.10 Å². The zero-order valence-corrected chi connectivity index (χ0v) is 15.6. The fourth-order valence-corrected chi connectivity index (χ4v) is 3.39. The van der Waals surface area contributed by atoms with Crippen molar-refractivity contribution in [2.45, 2.75) is 33.6 Å². The van der Waals surface area contributed by atoms with Gasteiger partial charge in [-0.15, -0.1) is 0 Å². The lowest BCUT2D eigenvalue weighted by atomic mass is 9.96. The van der Waals surface area contributed by atoms with Gasteiger partial charge in [-0.1, -0.05) is 12.1 Å². The van der Waals surface area contributed by atoms with E-state index in [2.05, 4.69) is 5.10 Å². The minimum Gasteiger partial charge on any atom is -0.466 e. The van der Waals surface area contributed by atoms with Gasteiger partial charge in [0.25, 0.3) is 5.91 Å². The first-order chi connectivity index (χ1) is 12.5. The number of aryl methyl sites for hydroxylation is 1. The Hall–Kier alpha value is -2.63. The summed E-state index contributed by atoms with van der Waals surface area (Å²) in [4.78, 5) is 26.5. The third kappa shape index (κ3) is 3.64. The number of nitrogens with zero attached hydrogens (tertiary/aromatic N) is 3. The molecule has 6 heteroatoms. The second kappa shape index (κ2) is 7.72. The van der Waals surface area contributed by atoms with Gasteiger partial charge in [0.15, 0.2) is 0 Å². The predicted octanol–water partition coefficient (Wildman–Crippen LogP) is 2.90. The van der Waals surface area contributed by atoms with Gasteiger partial charge < -0.3 is 9.64 Å². The zero-order valence-electron chi connectivity index (χ0n) is 15.6. The molecule has 0 atom stereocenters. The van der Waals surface area contributed by atoms with Crippen molar-refractivity contribution in [3.05, 3.63) is 47.3 Å². The molecule has 138 valence electrons. The molecule has 3 rings (SSSR count). The smallest absolute Gasteiger partial charge is 0.309 e. The molecule has 0 radical (unpaired) electrons. The molecule has 2 aromatic rings. The van der Waals surface area contributed by atoms with Crippen LogP contribution >= 0.6 is 0 Å². The molecule has 0 unspecified atom stereocenters. The Bertz CT molecular complexity index is 804. The van der Waals surface area contributed by atoms with Crippen molar-refractivity contribution in [3.8, 4) is 5.69 Å². The van der Waals surface area contributed by atoms with Crippen molar-refractivity contribution in [2.75, 3.05) is 19.7 Å². The Morgan fingerprint density at radius 1 is 1.23 bits per heavy atom. The molecule has 1 amide bonds. The quantitative estimate of drug-likeness (QED) is 0.791. The molecular formula is C20H25N3O3. The molecule has 1 fully saturated rings. The van der Waals surface area contributed by atoms with Gasteiger partial charge >= 0.3 is 5.97 Å². The van der Waals surface area contributed by atoms with Crippen molar-refractivity contribution in [1.29, 1.82) is 0 Å². The van der Waals surface area contributed by atoms with Crippen LogP contribution in [0.4, 0.5) is 0 Å². The number of amides is 1. The topological polar surface area (TPSA) is 64.4 Å². The van der Waals surface area contributed by atoms with Gasteiger partial charge in [0, 0.05) is 13.1 Å². The summed E-state index contributed by atoms with van der Waals surface area (Å²) in [5.41, 5.74) is 3.53. The highest BCUT2D eigenvalue weighted by atomic mass is 16.5. The van der Waals surface area contributed by atoms with E-state index in [1.807, 2.05) is 45.0 Å². The van der Waals surface area contributed by atoms with Crippen LogP contribution in [-0.2, 0) is 9.53 Å². The second-order valence-corrected chi connectivity index (χ2v) is 6.71. The highest BCUT2D eigenvalue weighted by molar-refractivity contribution is 5.95. The molecule has 0 saturated carbocycles. The van der Waals surface area contributed by atoms with Crippen LogP contribution in [0, 0.1) is 19.8 Å². The SMILES string of the molecule is CCOC(=O)C1CCN(C(=O)c2cnn(-c3cccc(C)c3)c2C)CC1.